The Morgan fingerprint density at radius 3 is 2.03 bits per heavy atom. The lowest BCUT2D eigenvalue weighted by Gasteiger charge is -2.43. The molecule has 0 aromatic rings. The molecule has 0 spiro atoms. The molecule has 0 bridgehead atoms. The van der Waals surface area contributed by atoms with Gasteiger partial charge < -0.3 is 23.8 Å². The van der Waals surface area contributed by atoms with Crippen molar-refractivity contribution in [2.24, 2.45) is 17.8 Å². The van der Waals surface area contributed by atoms with Crippen molar-refractivity contribution < 1.29 is 23.7 Å². The van der Waals surface area contributed by atoms with Crippen LogP contribution in [0.4, 0.5) is 0 Å². The SMILES string of the molecule is CCCOC(OCCN(CCC)C(=O)CCCCOC1OC(CC)C(C)C(C)C1C)N(C(C)C)C(C)C. The zero-order valence-corrected chi connectivity index (χ0v) is 25.8. The van der Waals surface area contributed by atoms with Crippen molar-refractivity contribution in [1.29, 1.82) is 0 Å². The molecule has 6 unspecified atom stereocenters. The molecule has 1 heterocycles. The number of hydrogen-bond acceptors (Lipinski definition) is 6. The first-order valence-corrected chi connectivity index (χ1v) is 15.1. The van der Waals surface area contributed by atoms with Gasteiger partial charge in [0.25, 0.3) is 0 Å². The van der Waals surface area contributed by atoms with E-state index in [1.165, 1.54) is 0 Å². The molecule has 1 aliphatic rings. The van der Waals surface area contributed by atoms with Crippen LogP contribution >= 0.6 is 0 Å². The van der Waals surface area contributed by atoms with Crippen LogP contribution in [0.1, 0.15) is 108 Å². The van der Waals surface area contributed by atoms with E-state index in [0.717, 1.165) is 38.6 Å². The molecule has 0 aromatic heterocycles. The Morgan fingerprint density at radius 2 is 1.46 bits per heavy atom. The Hall–Kier alpha value is -0.730. The number of rotatable bonds is 19. The fourth-order valence-corrected chi connectivity index (χ4v) is 5.30. The predicted octanol–water partition coefficient (Wildman–Crippen LogP) is 6.30. The molecule has 1 amide bonds. The van der Waals surface area contributed by atoms with E-state index in [1.807, 2.05) is 4.90 Å². The molecule has 0 radical (unpaired) electrons. The molecule has 7 heteroatoms. The normalized spacial score (nSPS) is 25.3. The maximum Gasteiger partial charge on any atom is 0.222 e. The van der Waals surface area contributed by atoms with Gasteiger partial charge in [-0.05, 0) is 71.6 Å². The van der Waals surface area contributed by atoms with Gasteiger partial charge in [0.15, 0.2) is 6.29 Å². The van der Waals surface area contributed by atoms with Crippen molar-refractivity contribution in [1.82, 2.24) is 9.80 Å². The molecule has 7 nitrogen and oxygen atoms in total. The average Bonchev–Trinajstić information content (AvgIpc) is 2.85. The van der Waals surface area contributed by atoms with Crippen LogP contribution in [0.25, 0.3) is 0 Å². The lowest BCUT2D eigenvalue weighted by molar-refractivity contribution is -0.248. The molecule has 220 valence electrons. The van der Waals surface area contributed by atoms with Crippen LogP contribution in [0.5, 0.6) is 0 Å². The Morgan fingerprint density at radius 1 is 0.811 bits per heavy atom. The topological polar surface area (TPSA) is 60.5 Å². The van der Waals surface area contributed by atoms with Crippen LogP contribution in [0.2, 0.25) is 0 Å². The van der Waals surface area contributed by atoms with Crippen LogP contribution in [0, 0.1) is 17.8 Å². The minimum absolute atomic E-state index is 0.139. The van der Waals surface area contributed by atoms with Gasteiger partial charge in [-0.25, -0.2) is 0 Å². The molecule has 0 aliphatic carbocycles. The lowest BCUT2D eigenvalue weighted by Crippen LogP contribution is -2.48. The Bertz CT molecular complexity index is 593. The average molecular weight is 529 g/mol. The molecule has 0 N–H and O–H groups in total. The van der Waals surface area contributed by atoms with Crippen molar-refractivity contribution in [3.8, 4) is 0 Å². The Kier molecular flexibility index (Phi) is 17.2. The highest BCUT2D eigenvalue weighted by Gasteiger charge is 2.38. The van der Waals surface area contributed by atoms with E-state index in [-0.39, 0.29) is 18.3 Å². The number of ether oxygens (including phenoxy) is 4. The summed E-state index contributed by atoms with van der Waals surface area (Å²) >= 11 is 0. The van der Waals surface area contributed by atoms with Crippen molar-refractivity contribution >= 4 is 5.91 Å². The third-order valence-corrected chi connectivity index (χ3v) is 7.82. The zero-order valence-electron chi connectivity index (χ0n) is 25.8. The van der Waals surface area contributed by atoms with Crippen LogP contribution in [0.15, 0.2) is 0 Å². The molecular weight excluding hydrogens is 468 g/mol. The molecular formula is C30H60N2O5. The number of nitrogens with zero attached hydrogens (tertiary/aromatic N) is 2. The summed E-state index contributed by atoms with van der Waals surface area (Å²) in [4.78, 5) is 17.1. The predicted molar refractivity (Wildman–Crippen MR) is 151 cm³/mol. The summed E-state index contributed by atoms with van der Waals surface area (Å²) in [7, 11) is 0. The second-order valence-electron chi connectivity index (χ2n) is 11.4. The third kappa shape index (κ3) is 11.5. The smallest absolute Gasteiger partial charge is 0.222 e. The van der Waals surface area contributed by atoms with E-state index >= 15 is 0 Å². The fraction of sp³-hybridized carbons (Fsp3) is 0.967. The highest BCUT2D eigenvalue weighted by atomic mass is 16.7. The molecule has 0 saturated carbocycles. The maximum absolute atomic E-state index is 13.0. The summed E-state index contributed by atoms with van der Waals surface area (Å²) in [5.74, 6) is 1.71. The van der Waals surface area contributed by atoms with Gasteiger partial charge in [0, 0.05) is 44.1 Å². The molecule has 0 aromatic carbocycles. The standard InChI is InChI=1S/C30H60N2O5/c1-11-17-31(18-21-36-30(35-19-12-2)32(22(4)5)23(6)7)28(33)16-14-15-20-34-29-26(10)24(8)25(9)27(13-3)37-29/h22-27,29-30H,11-21H2,1-10H3. The van der Waals surface area contributed by atoms with Crippen molar-refractivity contribution in [3.63, 3.8) is 0 Å². The van der Waals surface area contributed by atoms with E-state index < -0.39 is 6.41 Å². The Balaban J connectivity index is 2.48. The Labute approximate surface area is 228 Å². The zero-order chi connectivity index (χ0) is 28.0. The first kappa shape index (κ1) is 34.3. The number of hydrogen-bond donors (Lipinski definition) is 0. The molecule has 1 rings (SSSR count). The number of carbonyl (C=O) groups excluding carboxylic acids is 1. The van der Waals surface area contributed by atoms with Crippen LogP contribution in [0.3, 0.4) is 0 Å². The fourth-order valence-electron chi connectivity index (χ4n) is 5.30. The van der Waals surface area contributed by atoms with E-state index in [9.17, 15) is 4.79 Å². The van der Waals surface area contributed by atoms with E-state index in [1.54, 1.807) is 0 Å². The van der Waals surface area contributed by atoms with Crippen molar-refractivity contribution in [3.05, 3.63) is 0 Å². The highest BCUT2D eigenvalue weighted by Crippen LogP contribution is 2.36. The van der Waals surface area contributed by atoms with Gasteiger partial charge in [0.2, 0.25) is 12.3 Å². The molecule has 1 saturated heterocycles. The minimum Gasteiger partial charge on any atom is -0.352 e. The lowest BCUT2D eigenvalue weighted by atomic mass is 9.78. The van der Waals surface area contributed by atoms with Crippen LogP contribution in [-0.2, 0) is 23.7 Å². The summed E-state index contributed by atoms with van der Waals surface area (Å²) in [6, 6.07) is 0.609. The number of unbranched alkanes of at least 4 members (excludes halogenated alkanes) is 1. The van der Waals surface area contributed by atoms with E-state index in [0.29, 0.717) is 62.6 Å². The van der Waals surface area contributed by atoms with Crippen molar-refractivity contribution in [2.45, 2.75) is 139 Å². The van der Waals surface area contributed by atoms with Gasteiger partial charge in [0.1, 0.15) is 0 Å². The van der Waals surface area contributed by atoms with Crippen LogP contribution < -0.4 is 0 Å². The molecule has 6 atom stereocenters. The second kappa shape index (κ2) is 18.5. The minimum atomic E-state index is -0.391. The van der Waals surface area contributed by atoms with Gasteiger partial charge in [-0.2, -0.15) is 0 Å². The highest BCUT2D eigenvalue weighted by molar-refractivity contribution is 5.76. The number of amides is 1. The van der Waals surface area contributed by atoms with Gasteiger partial charge in [-0.1, -0.05) is 41.5 Å². The quantitative estimate of drug-likeness (QED) is 0.145. The maximum atomic E-state index is 13.0. The van der Waals surface area contributed by atoms with Gasteiger partial charge in [-0.15, -0.1) is 0 Å². The first-order valence-electron chi connectivity index (χ1n) is 15.1. The van der Waals surface area contributed by atoms with E-state index in [4.69, 9.17) is 18.9 Å². The largest absolute Gasteiger partial charge is 0.352 e. The summed E-state index contributed by atoms with van der Waals surface area (Å²) in [6.45, 7) is 24.9. The van der Waals surface area contributed by atoms with Gasteiger partial charge in [-0.3, -0.25) is 9.69 Å². The summed E-state index contributed by atoms with van der Waals surface area (Å²) in [5, 5.41) is 0. The first-order chi connectivity index (χ1) is 17.6. The van der Waals surface area contributed by atoms with Crippen molar-refractivity contribution in [2.75, 3.05) is 32.9 Å². The summed E-state index contributed by atoms with van der Waals surface area (Å²) in [6.07, 6.45) is 4.84. The number of carbonyl (C=O) groups is 1. The van der Waals surface area contributed by atoms with Gasteiger partial charge >= 0.3 is 0 Å². The molecule has 37 heavy (non-hydrogen) atoms. The van der Waals surface area contributed by atoms with Crippen LogP contribution in [-0.4, -0.2) is 79.5 Å². The third-order valence-electron chi connectivity index (χ3n) is 7.82. The van der Waals surface area contributed by atoms with E-state index in [2.05, 4.69) is 74.1 Å². The molecule has 1 aliphatic heterocycles. The second-order valence-corrected chi connectivity index (χ2v) is 11.4. The summed E-state index contributed by atoms with van der Waals surface area (Å²) < 4.78 is 24.6. The summed E-state index contributed by atoms with van der Waals surface area (Å²) in [5.41, 5.74) is 0. The monoisotopic (exact) mass is 528 g/mol. The molecule has 1 fully saturated rings. The van der Waals surface area contributed by atoms with Gasteiger partial charge in [0.05, 0.1) is 19.3 Å².